The van der Waals surface area contributed by atoms with Gasteiger partial charge in [-0.05, 0) is 50.6 Å². The highest BCUT2D eigenvalue weighted by atomic mass is 16.5. The second-order valence-corrected chi connectivity index (χ2v) is 7.48. The van der Waals surface area contributed by atoms with Crippen molar-refractivity contribution >= 4 is 0 Å². The summed E-state index contributed by atoms with van der Waals surface area (Å²) in [6.07, 6.45) is 6.56. The fourth-order valence-corrected chi connectivity index (χ4v) is 4.19. The third-order valence-corrected chi connectivity index (χ3v) is 5.42. The molecule has 2 fully saturated rings. The molecule has 0 aromatic carbocycles. The van der Waals surface area contributed by atoms with E-state index in [2.05, 4.69) is 38.0 Å². The Kier molecular flexibility index (Phi) is 5.88. The Balaban J connectivity index is 1.96. The van der Waals surface area contributed by atoms with Gasteiger partial charge in [-0.3, -0.25) is 0 Å². The van der Waals surface area contributed by atoms with Crippen molar-refractivity contribution in [3.8, 4) is 0 Å². The minimum absolute atomic E-state index is 0.420. The lowest BCUT2D eigenvalue weighted by Gasteiger charge is -2.48. The SMILES string of the molecule is CCNC1C(N(C)CC2CCOCC2)CCCC1(C)C. The number of likely N-dealkylation sites (N-methyl/N-ethyl adjacent to an activating group) is 2. The van der Waals surface area contributed by atoms with Gasteiger partial charge >= 0.3 is 0 Å². The molecule has 0 amide bonds. The van der Waals surface area contributed by atoms with Crippen LogP contribution >= 0.6 is 0 Å². The fourth-order valence-electron chi connectivity index (χ4n) is 4.19. The van der Waals surface area contributed by atoms with E-state index in [1.165, 1.54) is 38.6 Å². The molecule has 2 aliphatic rings. The third-order valence-electron chi connectivity index (χ3n) is 5.42. The molecule has 118 valence electrons. The van der Waals surface area contributed by atoms with Gasteiger partial charge in [-0.15, -0.1) is 0 Å². The maximum atomic E-state index is 5.49. The zero-order valence-corrected chi connectivity index (χ0v) is 14.0. The minimum Gasteiger partial charge on any atom is -0.381 e. The highest BCUT2D eigenvalue weighted by Crippen LogP contribution is 2.37. The summed E-state index contributed by atoms with van der Waals surface area (Å²) in [5.41, 5.74) is 0.420. The highest BCUT2D eigenvalue weighted by Gasteiger charge is 2.40. The van der Waals surface area contributed by atoms with E-state index in [9.17, 15) is 0 Å². The molecular formula is C17H34N2O. The molecule has 0 aromatic heterocycles. The van der Waals surface area contributed by atoms with Gasteiger partial charge in [0.2, 0.25) is 0 Å². The predicted octanol–water partition coefficient (Wildman–Crippen LogP) is 2.90. The minimum atomic E-state index is 0.420. The first-order valence-electron chi connectivity index (χ1n) is 8.56. The van der Waals surface area contributed by atoms with E-state index >= 15 is 0 Å². The topological polar surface area (TPSA) is 24.5 Å². The maximum absolute atomic E-state index is 5.49. The summed E-state index contributed by atoms with van der Waals surface area (Å²) in [4.78, 5) is 2.64. The van der Waals surface area contributed by atoms with E-state index in [0.717, 1.165) is 25.7 Å². The Morgan fingerprint density at radius 2 is 1.90 bits per heavy atom. The molecular weight excluding hydrogens is 248 g/mol. The van der Waals surface area contributed by atoms with Crippen molar-refractivity contribution in [2.75, 3.05) is 33.4 Å². The first kappa shape index (κ1) is 16.3. The van der Waals surface area contributed by atoms with Crippen molar-refractivity contribution in [2.45, 2.75) is 65.0 Å². The molecule has 1 heterocycles. The number of nitrogens with zero attached hydrogens (tertiary/aromatic N) is 1. The van der Waals surface area contributed by atoms with Crippen LogP contribution in [0.3, 0.4) is 0 Å². The van der Waals surface area contributed by atoms with Crippen molar-refractivity contribution < 1.29 is 4.74 Å². The van der Waals surface area contributed by atoms with E-state index in [-0.39, 0.29) is 0 Å². The van der Waals surface area contributed by atoms with Crippen LogP contribution in [0.15, 0.2) is 0 Å². The Labute approximate surface area is 125 Å². The summed E-state index contributed by atoms with van der Waals surface area (Å²) in [7, 11) is 2.34. The Morgan fingerprint density at radius 3 is 2.55 bits per heavy atom. The molecule has 2 unspecified atom stereocenters. The third kappa shape index (κ3) is 3.96. The molecule has 0 aromatic rings. The molecule has 2 rings (SSSR count). The van der Waals surface area contributed by atoms with E-state index in [1.807, 2.05) is 0 Å². The predicted molar refractivity (Wildman–Crippen MR) is 85.1 cm³/mol. The number of hydrogen-bond acceptors (Lipinski definition) is 3. The van der Waals surface area contributed by atoms with Crippen LogP contribution in [-0.2, 0) is 4.74 Å². The highest BCUT2D eigenvalue weighted by molar-refractivity contribution is 4.97. The van der Waals surface area contributed by atoms with Crippen LogP contribution < -0.4 is 5.32 Å². The van der Waals surface area contributed by atoms with Crippen molar-refractivity contribution in [3.63, 3.8) is 0 Å². The average Bonchev–Trinajstić information content (AvgIpc) is 2.42. The van der Waals surface area contributed by atoms with Gasteiger partial charge in [0.1, 0.15) is 0 Å². The Hall–Kier alpha value is -0.120. The number of hydrogen-bond donors (Lipinski definition) is 1. The van der Waals surface area contributed by atoms with Gasteiger partial charge in [0, 0.05) is 31.8 Å². The van der Waals surface area contributed by atoms with Crippen LogP contribution in [0.4, 0.5) is 0 Å². The second-order valence-electron chi connectivity index (χ2n) is 7.48. The van der Waals surface area contributed by atoms with Gasteiger partial charge in [0.25, 0.3) is 0 Å². The van der Waals surface area contributed by atoms with Crippen LogP contribution in [0, 0.1) is 11.3 Å². The van der Waals surface area contributed by atoms with Crippen molar-refractivity contribution in [2.24, 2.45) is 11.3 Å². The Morgan fingerprint density at radius 1 is 1.20 bits per heavy atom. The summed E-state index contributed by atoms with van der Waals surface area (Å²) >= 11 is 0. The zero-order chi connectivity index (χ0) is 14.6. The lowest BCUT2D eigenvalue weighted by Crippen LogP contribution is -2.58. The quantitative estimate of drug-likeness (QED) is 0.839. The van der Waals surface area contributed by atoms with Crippen LogP contribution in [0.5, 0.6) is 0 Å². The summed E-state index contributed by atoms with van der Waals surface area (Å²) in [6.45, 7) is 11.4. The zero-order valence-electron chi connectivity index (χ0n) is 14.0. The van der Waals surface area contributed by atoms with E-state index < -0.39 is 0 Å². The molecule has 0 spiro atoms. The summed E-state index contributed by atoms with van der Waals surface area (Å²) < 4.78 is 5.49. The smallest absolute Gasteiger partial charge is 0.0469 e. The lowest BCUT2D eigenvalue weighted by atomic mass is 9.70. The molecule has 20 heavy (non-hydrogen) atoms. The first-order chi connectivity index (χ1) is 9.54. The van der Waals surface area contributed by atoms with Crippen molar-refractivity contribution in [1.82, 2.24) is 10.2 Å². The van der Waals surface area contributed by atoms with Gasteiger partial charge in [-0.2, -0.15) is 0 Å². The van der Waals surface area contributed by atoms with Gasteiger partial charge in [0.05, 0.1) is 0 Å². The molecule has 0 bridgehead atoms. The van der Waals surface area contributed by atoms with Gasteiger partial charge in [0.15, 0.2) is 0 Å². The van der Waals surface area contributed by atoms with Crippen LogP contribution in [0.25, 0.3) is 0 Å². The summed E-state index contributed by atoms with van der Waals surface area (Å²) in [5, 5.41) is 3.78. The summed E-state index contributed by atoms with van der Waals surface area (Å²) in [6, 6.07) is 1.33. The van der Waals surface area contributed by atoms with Gasteiger partial charge in [-0.25, -0.2) is 0 Å². The molecule has 3 heteroatoms. The molecule has 2 atom stereocenters. The summed E-state index contributed by atoms with van der Waals surface area (Å²) in [5.74, 6) is 0.834. The second kappa shape index (κ2) is 7.24. The van der Waals surface area contributed by atoms with Crippen molar-refractivity contribution in [3.05, 3.63) is 0 Å². The van der Waals surface area contributed by atoms with Crippen LogP contribution in [0.1, 0.15) is 52.9 Å². The van der Waals surface area contributed by atoms with Crippen LogP contribution in [0.2, 0.25) is 0 Å². The standard InChI is InChI=1S/C17H34N2O/c1-5-18-16-15(7-6-10-17(16,2)3)19(4)13-14-8-11-20-12-9-14/h14-16,18H,5-13H2,1-4H3. The molecule has 1 aliphatic carbocycles. The number of rotatable bonds is 5. The molecule has 1 N–H and O–H groups in total. The number of nitrogens with one attached hydrogen (secondary N) is 1. The van der Waals surface area contributed by atoms with E-state index in [4.69, 9.17) is 4.74 Å². The van der Waals surface area contributed by atoms with Gasteiger partial charge < -0.3 is 15.0 Å². The Bertz CT molecular complexity index is 287. The van der Waals surface area contributed by atoms with Crippen molar-refractivity contribution in [1.29, 1.82) is 0 Å². The van der Waals surface area contributed by atoms with E-state index in [0.29, 0.717) is 17.5 Å². The number of ether oxygens (including phenoxy) is 1. The average molecular weight is 282 g/mol. The van der Waals surface area contributed by atoms with Crippen LogP contribution in [-0.4, -0.2) is 50.3 Å². The maximum Gasteiger partial charge on any atom is 0.0469 e. The molecule has 3 nitrogen and oxygen atoms in total. The molecule has 1 saturated carbocycles. The normalized spacial score (nSPS) is 31.6. The lowest BCUT2D eigenvalue weighted by molar-refractivity contribution is 0.0246. The van der Waals surface area contributed by atoms with Gasteiger partial charge in [-0.1, -0.05) is 27.2 Å². The molecule has 1 aliphatic heterocycles. The molecule has 0 radical (unpaired) electrons. The first-order valence-corrected chi connectivity index (χ1v) is 8.56. The fraction of sp³-hybridized carbons (Fsp3) is 1.00. The monoisotopic (exact) mass is 282 g/mol. The molecule has 1 saturated heterocycles. The largest absolute Gasteiger partial charge is 0.381 e. The van der Waals surface area contributed by atoms with E-state index in [1.54, 1.807) is 0 Å².